The van der Waals surface area contributed by atoms with Gasteiger partial charge in [-0.2, -0.15) is 0 Å². The van der Waals surface area contributed by atoms with E-state index in [1.807, 2.05) is 0 Å². The van der Waals surface area contributed by atoms with Crippen LogP contribution in [0, 0.1) is 0 Å². The van der Waals surface area contributed by atoms with Crippen molar-refractivity contribution >= 4 is 0 Å². The van der Waals surface area contributed by atoms with Gasteiger partial charge in [0, 0.05) is 36.8 Å². The summed E-state index contributed by atoms with van der Waals surface area (Å²) in [7, 11) is 0. The third kappa shape index (κ3) is 2.94. The van der Waals surface area contributed by atoms with Gasteiger partial charge in [-0.1, -0.05) is 0 Å². The van der Waals surface area contributed by atoms with Gasteiger partial charge in [0.2, 0.25) is 0 Å². The predicted octanol–water partition coefficient (Wildman–Crippen LogP) is 2.59. The minimum Gasteiger partial charge on any atom is -0.298 e. The van der Waals surface area contributed by atoms with Crippen LogP contribution in [0.25, 0.3) is 0 Å². The molecule has 0 unspecified atom stereocenters. The van der Waals surface area contributed by atoms with Crippen molar-refractivity contribution in [2.24, 2.45) is 0 Å². The molecule has 2 nitrogen and oxygen atoms in total. The molecule has 1 fully saturated rings. The molecule has 1 aliphatic rings. The Hall–Kier alpha value is -0.0800. The first-order valence-corrected chi connectivity index (χ1v) is 6.26. The predicted molar refractivity (Wildman–Crippen MR) is 67.2 cm³/mol. The van der Waals surface area contributed by atoms with E-state index < -0.39 is 0 Å². The molecule has 1 saturated heterocycles. The largest absolute Gasteiger partial charge is 0.298 e. The monoisotopic (exact) mass is 212 g/mol. The normalized spacial score (nSPS) is 31.2. The lowest BCUT2D eigenvalue weighted by atomic mass is 9.96. The second-order valence-corrected chi connectivity index (χ2v) is 6.32. The Morgan fingerprint density at radius 2 is 1.40 bits per heavy atom. The highest BCUT2D eigenvalue weighted by molar-refractivity contribution is 4.92. The topological polar surface area (TPSA) is 6.48 Å². The van der Waals surface area contributed by atoms with Gasteiger partial charge in [-0.15, -0.1) is 0 Å². The maximum absolute atomic E-state index is 2.66. The van der Waals surface area contributed by atoms with Crippen molar-refractivity contribution in [3.63, 3.8) is 0 Å². The van der Waals surface area contributed by atoms with Crippen LogP contribution in [0.1, 0.15) is 48.5 Å². The van der Waals surface area contributed by atoms with Crippen molar-refractivity contribution < 1.29 is 0 Å². The molecule has 1 rings (SSSR count). The average molecular weight is 212 g/mol. The molecule has 0 spiro atoms. The van der Waals surface area contributed by atoms with Crippen molar-refractivity contribution in [2.45, 2.75) is 72.1 Å². The van der Waals surface area contributed by atoms with Gasteiger partial charge >= 0.3 is 0 Å². The lowest BCUT2D eigenvalue weighted by Crippen LogP contribution is -2.63. The van der Waals surface area contributed by atoms with E-state index in [0.717, 1.165) is 0 Å². The van der Waals surface area contributed by atoms with Gasteiger partial charge in [-0.3, -0.25) is 9.80 Å². The van der Waals surface area contributed by atoms with E-state index in [4.69, 9.17) is 0 Å². The maximum atomic E-state index is 2.66. The lowest BCUT2D eigenvalue weighted by Gasteiger charge is -2.51. The first-order valence-electron chi connectivity index (χ1n) is 6.26. The Bertz CT molecular complexity index is 193. The second-order valence-electron chi connectivity index (χ2n) is 6.32. The van der Waals surface area contributed by atoms with Crippen LogP contribution >= 0.6 is 0 Å². The van der Waals surface area contributed by atoms with E-state index in [1.54, 1.807) is 0 Å². The van der Waals surface area contributed by atoms with Crippen LogP contribution < -0.4 is 0 Å². The van der Waals surface area contributed by atoms with E-state index >= 15 is 0 Å². The quantitative estimate of drug-likeness (QED) is 0.659. The maximum Gasteiger partial charge on any atom is 0.0203 e. The van der Waals surface area contributed by atoms with E-state index in [1.165, 1.54) is 13.1 Å². The molecule has 0 amide bonds. The highest BCUT2D eigenvalue weighted by Crippen LogP contribution is 2.26. The Morgan fingerprint density at radius 3 is 1.67 bits per heavy atom. The summed E-state index contributed by atoms with van der Waals surface area (Å²) < 4.78 is 0. The summed E-state index contributed by atoms with van der Waals surface area (Å²) in [5.74, 6) is 0. The Balaban J connectivity index is 2.73. The SMILES string of the molecule is CC(C)N1C[C@@H](C)N(C(C)(C)C)[C@@H](C)C1. The van der Waals surface area contributed by atoms with Crippen molar-refractivity contribution in [3.8, 4) is 0 Å². The molecule has 0 aromatic carbocycles. The van der Waals surface area contributed by atoms with Crippen molar-refractivity contribution in [3.05, 3.63) is 0 Å². The van der Waals surface area contributed by atoms with E-state index in [0.29, 0.717) is 23.7 Å². The van der Waals surface area contributed by atoms with Crippen molar-refractivity contribution in [1.29, 1.82) is 0 Å². The molecule has 0 aromatic rings. The molecule has 0 saturated carbocycles. The molecule has 0 aromatic heterocycles. The smallest absolute Gasteiger partial charge is 0.0203 e. The van der Waals surface area contributed by atoms with Crippen molar-refractivity contribution in [1.82, 2.24) is 9.80 Å². The van der Waals surface area contributed by atoms with E-state index in [9.17, 15) is 0 Å². The third-order valence-electron chi connectivity index (χ3n) is 3.45. The fourth-order valence-corrected chi connectivity index (χ4v) is 3.11. The van der Waals surface area contributed by atoms with Crippen LogP contribution in [-0.2, 0) is 0 Å². The average Bonchev–Trinajstić information content (AvgIpc) is 1.99. The summed E-state index contributed by atoms with van der Waals surface area (Å²) in [5, 5.41) is 0. The number of nitrogens with zero attached hydrogens (tertiary/aromatic N) is 2. The van der Waals surface area contributed by atoms with Gasteiger partial charge in [-0.05, 0) is 48.5 Å². The zero-order valence-electron chi connectivity index (χ0n) is 11.5. The second kappa shape index (κ2) is 4.42. The standard InChI is InChI=1S/C13H28N2/c1-10(2)14-8-11(3)15(12(4)9-14)13(5,6)7/h10-12H,8-9H2,1-7H3/t11-,12+. The number of piperazine rings is 1. The molecule has 1 aliphatic heterocycles. The molecule has 2 atom stereocenters. The molecule has 1 heterocycles. The first-order chi connectivity index (χ1) is 6.73. The Labute approximate surface area is 95.6 Å². The zero-order valence-corrected chi connectivity index (χ0v) is 11.5. The number of hydrogen-bond acceptors (Lipinski definition) is 2. The number of hydrogen-bond donors (Lipinski definition) is 0. The molecule has 0 aliphatic carbocycles. The fraction of sp³-hybridized carbons (Fsp3) is 1.00. The van der Waals surface area contributed by atoms with Crippen molar-refractivity contribution in [2.75, 3.05) is 13.1 Å². The third-order valence-corrected chi connectivity index (χ3v) is 3.45. The summed E-state index contributed by atoms with van der Waals surface area (Å²) in [5.41, 5.74) is 0.294. The van der Waals surface area contributed by atoms with Gasteiger partial charge in [0.25, 0.3) is 0 Å². The molecular weight excluding hydrogens is 184 g/mol. The van der Waals surface area contributed by atoms with Gasteiger partial charge in [0.15, 0.2) is 0 Å². The molecule has 15 heavy (non-hydrogen) atoms. The van der Waals surface area contributed by atoms with Crippen LogP contribution in [0.4, 0.5) is 0 Å². The van der Waals surface area contributed by atoms with E-state index in [2.05, 4.69) is 58.3 Å². The molecule has 0 radical (unpaired) electrons. The van der Waals surface area contributed by atoms with Crippen LogP contribution in [0.2, 0.25) is 0 Å². The van der Waals surface area contributed by atoms with Gasteiger partial charge in [-0.25, -0.2) is 0 Å². The first kappa shape index (κ1) is 13.0. The molecule has 2 heteroatoms. The summed E-state index contributed by atoms with van der Waals surface area (Å²) in [6.45, 7) is 18.7. The molecular formula is C13H28N2. The summed E-state index contributed by atoms with van der Waals surface area (Å²) in [4.78, 5) is 5.25. The Kier molecular flexibility index (Phi) is 3.83. The van der Waals surface area contributed by atoms with Crippen LogP contribution in [-0.4, -0.2) is 46.6 Å². The minimum atomic E-state index is 0.294. The Morgan fingerprint density at radius 1 is 1.00 bits per heavy atom. The van der Waals surface area contributed by atoms with Gasteiger partial charge < -0.3 is 0 Å². The minimum absolute atomic E-state index is 0.294. The van der Waals surface area contributed by atoms with Crippen LogP contribution in [0.3, 0.4) is 0 Å². The zero-order chi connectivity index (χ0) is 11.8. The molecule has 0 bridgehead atoms. The highest BCUT2D eigenvalue weighted by atomic mass is 15.3. The lowest BCUT2D eigenvalue weighted by molar-refractivity contribution is -0.0316. The summed E-state index contributed by atoms with van der Waals surface area (Å²) in [6, 6.07) is 2.00. The summed E-state index contributed by atoms with van der Waals surface area (Å²) in [6.07, 6.45) is 0. The highest BCUT2D eigenvalue weighted by Gasteiger charge is 2.36. The van der Waals surface area contributed by atoms with Gasteiger partial charge in [0.05, 0.1) is 0 Å². The van der Waals surface area contributed by atoms with E-state index in [-0.39, 0.29) is 0 Å². The fourth-order valence-electron chi connectivity index (χ4n) is 3.11. The number of rotatable bonds is 1. The molecule has 0 N–H and O–H groups in total. The molecule has 90 valence electrons. The summed E-state index contributed by atoms with van der Waals surface area (Å²) >= 11 is 0. The van der Waals surface area contributed by atoms with Gasteiger partial charge in [0.1, 0.15) is 0 Å². The van der Waals surface area contributed by atoms with Crippen LogP contribution in [0.15, 0.2) is 0 Å². The van der Waals surface area contributed by atoms with Crippen LogP contribution in [0.5, 0.6) is 0 Å².